The van der Waals surface area contributed by atoms with Crippen molar-refractivity contribution in [2.75, 3.05) is 11.6 Å². The van der Waals surface area contributed by atoms with Crippen molar-refractivity contribution in [3.8, 4) is 5.75 Å². The Morgan fingerprint density at radius 3 is 3.00 bits per heavy atom. The number of pyridine rings is 1. The van der Waals surface area contributed by atoms with Gasteiger partial charge in [0.1, 0.15) is 0 Å². The Labute approximate surface area is 114 Å². The molecule has 1 saturated carbocycles. The fraction of sp³-hybridized carbons (Fsp3) is 0.643. The van der Waals surface area contributed by atoms with Gasteiger partial charge in [-0.05, 0) is 45.1 Å². The van der Waals surface area contributed by atoms with Crippen LogP contribution in [0.5, 0.6) is 5.75 Å². The monoisotopic (exact) mass is 266 g/mol. The fourth-order valence-corrected chi connectivity index (χ4v) is 3.33. The minimum atomic E-state index is 0.176. The van der Waals surface area contributed by atoms with Crippen LogP contribution < -0.4 is 10.1 Å². The number of hydrogen-bond acceptors (Lipinski definition) is 4. The van der Waals surface area contributed by atoms with Crippen LogP contribution in [0.25, 0.3) is 0 Å². The molecule has 0 amide bonds. The zero-order chi connectivity index (χ0) is 13.0. The highest BCUT2D eigenvalue weighted by Gasteiger charge is 2.27. The van der Waals surface area contributed by atoms with Gasteiger partial charge in [0, 0.05) is 17.5 Å². The van der Waals surface area contributed by atoms with E-state index in [2.05, 4.69) is 16.6 Å². The van der Waals surface area contributed by atoms with E-state index in [0.29, 0.717) is 11.3 Å². The van der Waals surface area contributed by atoms with Crippen LogP contribution >= 0.6 is 11.8 Å². The topological polar surface area (TPSA) is 34.2 Å². The summed E-state index contributed by atoms with van der Waals surface area (Å²) in [7, 11) is 0. The zero-order valence-electron chi connectivity index (χ0n) is 11.3. The number of nitrogens with zero attached hydrogens (tertiary/aromatic N) is 1. The van der Waals surface area contributed by atoms with Crippen molar-refractivity contribution >= 4 is 17.6 Å². The highest BCUT2D eigenvalue weighted by atomic mass is 32.2. The molecular weight excluding hydrogens is 244 g/mol. The number of nitrogens with one attached hydrogen (secondary N) is 1. The molecule has 2 unspecified atom stereocenters. The van der Waals surface area contributed by atoms with Crippen molar-refractivity contribution < 1.29 is 4.74 Å². The van der Waals surface area contributed by atoms with Gasteiger partial charge in [-0.1, -0.05) is 6.42 Å². The molecule has 0 saturated heterocycles. The number of rotatable bonds is 5. The first kappa shape index (κ1) is 13.5. The SMILES string of the molecule is CSC1CCCC1Nc1ncccc1OC(C)C. The molecule has 1 aliphatic carbocycles. The van der Waals surface area contributed by atoms with Crippen molar-refractivity contribution in [1.82, 2.24) is 4.98 Å². The molecule has 0 aliphatic heterocycles. The maximum atomic E-state index is 5.79. The molecule has 1 aliphatic rings. The zero-order valence-corrected chi connectivity index (χ0v) is 12.2. The molecule has 2 atom stereocenters. The fourth-order valence-electron chi connectivity index (χ4n) is 2.40. The Bertz CT molecular complexity index is 384. The molecular formula is C14H22N2OS. The Hall–Kier alpha value is -0.900. The number of thioether (sulfide) groups is 1. The van der Waals surface area contributed by atoms with E-state index >= 15 is 0 Å². The number of anilines is 1. The molecule has 0 aromatic carbocycles. The summed E-state index contributed by atoms with van der Waals surface area (Å²) in [5, 5.41) is 4.25. The van der Waals surface area contributed by atoms with Gasteiger partial charge in [-0.2, -0.15) is 11.8 Å². The normalized spacial score (nSPS) is 23.3. The van der Waals surface area contributed by atoms with E-state index in [4.69, 9.17) is 4.74 Å². The molecule has 0 radical (unpaired) electrons. The van der Waals surface area contributed by atoms with E-state index in [1.54, 1.807) is 0 Å². The van der Waals surface area contributed by atoms with Gasteiger partial charge in [0.25, 0.3) is 0 Å². The van der Waals surface area contributed by atoms with Gasteiger partial charge >= 0.3 is 0 Å². The molecule has 1 fully saturated rings. The third-order valence-corrected chi connectivity index (χ3v) is 4.38. The first-order valence-corrected chi connectivity index (χ1v) is 7.90. The van der Waals surface area contributed by atoms with Crippen molar-refractivity contribution in [3.63, 3.8) is 0 Å². The molecule has 100 valence electrons. The molecule has 3 nitrogen and oxygen atoms in total. The van der Waals surface area contributed by atoms with E-state index in [1.165, 1.54) is 19.3 Å². The Kier molecular flexibility index (Phi) is 4.75. The van der Waals surface area contributed by atoms with Crippen molar-refractivity contribution in [3.05, 3.63) is 18.3 Å². The predicted octanol–water partition coefficient (Wildman–Crippen LogP) is 3.56. The third-order valence-electron chi connectivity index (χ3n) is 3.21. The van der Waals surface area contributed by atoms with Crippen molar-refractivity contribution in [2.24, 2.45) is 0 Å². The minimum Gasteiger partial charge on any atom is -0.487 e. The molecule has 18 heavy (non-hydrogen) atoms. The van der Waals surface area contributed by atoms with Crippen molar-refractivity contribution in [2.45, 2.75) is 50.5 Å². The lowest BCUT2D eigenvalue weighted by atomic mass is 10.2. The van der Waals surface area contributed by atoms with E-state index in [0.717, 1.165) is 11.6 Å². The second kappa shape index (κ2) is 6.32. The summed E-state index contributed by atoms with van der Waals surface area (Å²) in [6.07, 6.45) is 8.01. The second-order valence-electron chi connectivity index (χ2n) is 4.97. The summed E-state index contributed by atoms with van der Waals surface area (Å²) >= 11 is 1.95. The molecule has 1 N–H and O–H groups in total. The Morgan fingerprint density at radius 2 is 2.28 bits per heavy atom. The van der Waals surface area contributed by atoms with Crippen LogP contribution in [0.2, 0.25) is 0 Å². The average molecular weight is 266 g/mol. The molecule has 2 rings (SSSR count). The minimum absolute atomic E-state index is 0.176. The second-order valence-corrected chi connectivity index (χ2v) is 6.05. The lowest BCUT2D eigenvalue weighted by molar-refractivity contribution is 0.242. The highest BCUT2D eigenvalue weighted by Crippen LogP contribution is 2.32. The maximum absolute atomic E-state index is 5.79. The van der Waals surface area contributed by atoms with Crippen LogP contribution in [0.15, 0.2) is 18.3 Å². The van der Waals surface area contributed by atoms with Crippen LogP contribution in [-0.4, -0.2) is 28.6 Å². The van der Waals surface area contributed by atoms with E-state index in [9.17, 15) is 0 Å². The Balaban J connectivity index is 2.08. The number of aromatic nitrogens is 1. The van der Waals surface area contributed by atoms with Crippen molar-refractivity contribution in [1.29, 1.82) is 0 Å². The summed E-state index contributed by atoms with van der Waals surface area (Å²) in [5.41, 5.74) is 0. The van der Waals surface area contributed by atoms with Crippen LogP contribution in [-0.2, 0) is 0 Å². The van der Waals surface area contributed by atoms with Gasteiger partial charge in [-0.3, -0.25) is 0 Å². The van der Waals surface area contributed by atoms with Gasteiger partial charge < -0.3 is 10.1 Å². The average Bonchev–Trinajstić information content (AvgIpc) is 2.78. The van der Waals surface area contributed by atoms with E-state index in [-0.39, 0.29) is 6.10 Å². The molecule has 1 aromatic rings. The first-order valence-electron chi connectivity index (χ1n) is 6.61. The lowest BCUT2D eigenvalue weighted by Crippen LogP contribution is -2.26. The molecule has 0 spiro atoms. The standard InChI is InChI=1S/C14H22N2OS/c1-10(2)17-12-7-5-9-15-14(12)16-11-6-4-8-13(11)18-3/h5,7,9-11,13H,4,6,8H2,1-3H3,(H,15,16). The van der Waals surface area contributed by atoms with E-state index < -0.39 is 0 Å². The Morgan fingerprint density at radius 1 is 1.44 bits per heavy atom. The molecule has 1 heterocycles. The summed E-state index contributed by atoms with van der Waals surface area (Å²) in [6, 6.07) is 4.42. The maximum Gasteiger partial charge on any atom is 0.169 e. The van der Waals surface area contributed by atoms with Gasteiger partial charge in [0.2, 0.25) is 0 Å². The van der Waals surface area contributed by atoms with E-state index in [1.807, 2.05) is 43.9 Å². The molecule has 0 bridgehead atoms. The van der Waals surface area contributed by atoms with Crippen LogP contribution in [0.1, 0.15) is 33.1 Å². The summed E-state index contributed by atoms with van der Waals surface area (Å²) < 4.78 is 5.79. The van der Waals surface area contributed by atoms with Gasteiger partial charge in [0.05, 0.1) is 6.10 Å². The quantitative estimate of drug-likeness (QED) is 0.883. The first-order chi connectivity index (χ1) is 8.70. The predicted molar refractivity (Wildman–Crippen MR) is 78.6 cm³/mol. The third kappa shape index (κ3) is 3.31. The summed E-state index contributed by atoms with van der Waals surface area (Å²) in [4.78, 5) is 4.42. The highest BCUT2D eigenvalue weighted by molar-refractivity contribution is 7.99. The summed E-state index contributed by atoms with van der Waals surface area (Å²) in [6.45, 7) is 4.08. The van der Waals surface area contributed by atoms with Gasteiger partial charge in [0.15, 0.2) is 11.6 Å². The van der Waals surface area contributed by atoms with Crippen LogP contribution in [0.4, 0.5) is 5.82 Å². The molecule has 1 aromatic heterocycles. The molecule has 4 heteroatoms. The largest absolute Gasteiger partial charge is 0.487 e. The van der Waals surface area contributed by atoms with Gasteiger partial charge in [-0.25, -0.2) is 4.98 Å². The van der Waals surface area contributed by atoms with Crippen LogP contribution in [0.3, 0.4) is 0 Å². The lowest BCUT2D eigenvalue weighted by Gasteiger charge is -2.22. The summed E-state index contributed by atoms with van der Waals surface area (Å²) in [5.74, 6) is 1.75. The number of hydrogen-bond donors (Lipinski definition) is 1. The van der Waals surface area contributed by atoms with Crippen LogP contribution in [0, 0.1) is 0 Å². The van der Waals surface area contributed by atoms with Gasteiger partial charge in [-0.15, -0.1) is 0 Å². The smallest absolute Gasteiger partial charge is 0.169 e. The number of ether oxygens (including phenoxy) is 1.